The van der Waals surface area contributed by atoms with Gasteiger partial charge in [-0.25, -0.2) is 0 Å². The normalized spacial score (nSPS) is 16.1. The maximum absolute atomic E-state index is 12.2. The third-order valence-corrected chi connectivity index (χ3v) is 4.70. The second kappa shape index (κ2) is 10.2. The number of hydrogen-bond donors (Lipinski definition) is 2. The van der Waals surface area contributed by atoms with Crippen LogP contribution in [0.1, 0.15) is 40.5 Å². The molecule has 1 amide bonds. The number of likely N-dealkylation sites (tertiary alicyclic amines) is 1. The van der Waals surface area contributed by atoms with Crippen molar-refractivity contribution in [1.29, 1.82) is 0 Å². The average molecular weight is 375 g/mol. The summed E-state index contributed by atoms with van der Waals surface area (Å²) in [6.07, 6.45) is 2.15. The first-order chi connectivity index (χ1) is 13.0. The number of rotatable bonds is 7. The molecule has 0 saturated carbocycles. The van der Waals surface area contributed by atoms with Crippen molar-refractivity contribution >= 4 is 11.9 Å². The van der Waals surface area contributed by atoms with Crippen LogP contribution in [0.3, 0.4) is 0 Å². The van der Waals surface area contributed by atoms with Crippen molar-refractivity contribution in [2.75, 3.05) is 32.7 Å². The van der Waals surface area contributed by atoms with E-state index in [0.29, 0.717) is 13.1 Å². The molecule has 2 rings (SSSR count). The molecule has 1 saturated heterocycles. The Kier molecular flexibility index (Phi) is 7.95. The van der Waals surface area contributed by atoms with Crippen LogP contribution in [0.5, 0.6) is 5.75 Å². The molecule has 1 aromatic carbocycles. The average Bonchev–Trinajstić information content (AvgIpc) is 2.67. The Bertz CT molecular complexity index is 608. The summed E-state index contributed by atoms with van der Waals surface area (Å²) in [4.78, 5) is 19.2. The standard InChI is InChI=1S/C21H34N4O2/c1-5-22-19(26)21(3,4)16-24-20(23-6-2)25-14-12-18(13-15-25)27-17-10-8-7-9-11-17/h7-11,18H,5-6,12-16H2,1-4H3,(H,22,26)(H,23,24). The molecule has 0 aliphatic carbocycles. The number of amides is 1. The monoisotopic (exact) mass is 374 g/mol. The molecule has 0 aromatic heterocycles. The number of para-hydroxylation sites is 1. The molecule has 2 N–H and O–H groups in total. The molecule has 6 heteroatoms. The van der Waals surface area contributed by atoms with Gasteiger partial charge in [0.2, 0.25) is 5.91 Å². The number of benzene rings is 1. The van der Waals surface area contributed by atoms with Gasteiger partial charge < -0.3 is 20.3 Å². The number of nitrogens with one attached hydrogen (secondary N) is 2. The Labute approximate surface area is 163 Å². The van der Waals surface area contributed by atoms with E-state index in [1.165, 1.54) is 0 Å². The summed E-state index contributed by atoms with van der Waals surface area (Å²) < 4.78 is 6.08. The number of piperidine rings is 1. The van der Waals surface area contributed by atoms with Crippen LogP contribution in [0.2, 0.25) is 0 Å². The first-order valence-electron chi connectivity index (χ1n) is 9.99. The van der Waals surface area contributed by atoms with Gasteiger partial charge in [0.25, 0.3) is 0 Å². The smallest absolute Gasteiger partial charge is 0.227 e. The van der Waals surface area contributed by atoms with E-state index in [2.05, 4.69) is 22.5 Å². The Morgan fingerprint density at radius 3 is 2.37 bits per heavy atom. The quantitative estimate of drug-likeness (QED) is 0.569. The van der Waals surface area contributed by atoms with Crippen LogP contribution in [0.15, 0.2) is 35.3 Å². The molecule has 0 spiro atoms. The van der Waals surface area contributed by atoms with E-state index in [-0.39, 0.29) is 12.0 Å². The van der Waals surface area contributed by atoms with Crippen molar-refractivity contribution in [3.8, 4) is 5.75 Å². The molecule has 0 bridgehead atoms. The van der Waals surface area contributed by atoms with Crippen molar-refractivity contribution in [2.45, 2.75) is 46.6 Å². The zero-order chi connectivity index (χ0) is 19.7. The van der Waals surface area contributed by atoms with Crippen LogP contribution in [0.25, 0.3) is 0 Å². The Morgan fingerprint density at radius 2 is 1.78 bits per heavy atom. The second-order valence-corrected chi connectivity index (χ2v) is 7.53. The van der Waals surface area contributed by atoms with E-state index >= 15 is 0 Å². The van der Waals surface area contributed by atoms with E-state index in [9.17, 15) is 4.79 Å². The van der Waals surface area contributed by atoms with Crippen LogP contribution >= 0.6 is 0 Å². The molecule has 150 valence electrons. The summed E-state index contributed by atoms with van der Waals surface area (Å²) in [5.41, 5.74) is -0.522. The van der Waals surface area contributed by atoms with Gasteiger partial charge in [-0.05, 0) is 39.8 Å². The SMILES string of the molecule is CCNC(=O)C(C)(C)CN=C(NCC)N1CCC(Oc2ccccc2)CC1. The lowest BCUT2D eigenvalue weighted by Crippen LogP contribution is -2.48. The maximum atomic E-state index is 12.2. The van der Waals surface area contributed by atoms with E-state index in [0.717, 1.165) is 44.2 Å². The molecule has 1 aliphatic heterocycles. The van der Waals surface area contributed by atoms with E-state index in [1.54, 1.807) is 0 Å². The van der Waals surface area contributed by atoms with Gasteiger partial charge in [-0.3, -0.25) is 9.79 Å². The number of ether oxygens (including phenoxy) is 1. The minimum absolute atomic E-state index is 0.0413. The molecule has 0 unspecified atom stereocenters. The van der Waals surface area contributed by atoms with Crippen molar-refractivity contribution in [1.82, 2.24) is 15.5 Å². The zero-order valence-electron chi connectivity index (χ0n) is 17.1. The lowest BCUT2D eigenvalue weighted by molar-refractivity contribution is -0.128. The van der Waals surface area contributed by atoms with Gasteiger partial charge in [0, 0.05) is 39.0 Å². The highest BCUT2D eigenvalue weighted by Crippen LogP contribution is 2.20. The van der Waals surface area contributed by atoms with E-state index < -0.39 is 5.41 Å². The fourth-order valence-electron chi connectivity index (χ4n) is 3.05. The van der Waals surface area contributed by atoms with E-state index in [4.69, 9.17) is 9.73 Å². The number of nitrogens with zero attached hydrogens (tertiary/aromatic N) is 2. The lowest BCUT2D eigenvalue weighted by atomic mass is 9.92. The summed E-state index contributed by atoms with van der Waals surface area (Å²) in [5.74, 6) is 1.85. The van der Waals surface area contributed by atoms with Gasteiger partial charge in [-0.1, -0.05) is 18.2 Å². The van der Waals surface area contributed by atoms with Crippen molar-refractivity contribution < 1.29 is 9.53 Å². The van der Waals surface area contributed by atoms with Gasteiger partial charge in [0.15, 0.2) is 5.96 Å². The number of carbonyl (C=O) groups excluding carboxylic acids is 1. The highest BCUT2D eigenvalue weighted by atomic mass is 16.5. The van der Waals surface area contributed by atoms with Gasteiger partial charge in [-0.2, -0.15) is 0 Å². The molecule has 1 heterocycles. The van der Waals surface area contributed by atoms with Crippen molar-refractivity contribution in [3.63, 3.8) is 0 Å². The fourth-order valence-corrected chi connectivity index (χ4v) is 3.05. The van der Waals surface area contributed by atoms with Crippen LogP contribution < -0.4 is 15.4 Å². The lowest BCUT2D eigenvalue weighted by Gasteiger charge is -2.34. The van der Waals surface area contributed by atoms with Crippen molar-refractivity contribution in [3.05, 3.63) is 30.3 Å². The van der Waals surface area contributed by atoms with Crippen molar-refractivity contribution in [2.24, 2.45) is 10.4 Å². The molecule has 27 heavy (non-hydrogen) atoms. The maximum Gasteiger partial charge on any atom is 0.227 e. The molecule has 1 aliphatic rings. The largest absolute Gasteiger partial charge is 0.490 e. The summed E-state index contributed by atoms with van der Waals surface area (Å²) in [7, 11) is 0. The molecule has 0 atom stereocenters. The van der Waals surface area contributed by atoms with Crippen LogP contribution in [-0.4, -0.2) is 55.6 Å². The predicted octanol–water partition coefficient (Wildman–Crippen LogP) is 2.66. The minimum atomic E-state index is -0.522. The number of hydrogen-bond acceptors (Lipinski definition) is 3. The van der Waals surface area contributed by atoms with Gasteiger partial charge >= 0.3 is 0 Å². The Morgan fingerprint density at radius 1 is 1.15 bits per heavy atom. The molecule has 6 nitrogen and oxygen atoms in total. The highest BCUT2D eigenvalue weighted by molar-refractivity contribution is 5.83. The van der Waals surface area contributed by atoms with Crippen LogP contribution in [0.4, 0.5) is 0 Å². The summed E-state index contributed by atoms with van der Waals surface area (Å²) in [6.45, 7) is 11.6. The number of carbonyl (C=O) groups is 1. The second-order valence-electron chi connectivity index (χ2n) is 7.53. The Balaban J connectivity index is 1.92. The predicted molar refractivity (Wildman–Crippen MR) is 110 cm³/mol. The summed E-state index contributed by atoms with van der Waals surface area (Å²) in [6, 6.07) is 9.99. The third-order valence-electron chi connectivity index (χ3n) is 4.70. The van der Waals surface area contributed by atoms with Crippen LogP contribution in [0, 0.1) is 5.41 Å². The first-order valence-corrected chi connectivity index (χ1v) is 9.99. The molecule has 0 radical (unpaired) electrons. The summed E-state index contributed by atoms with van der Waals surface area (Å²) in [5, 5.41) is 6.26. The third kappa shape index (κ3) is 6.45. The van der Waals surface area contributed by atoms with E-state index in [1.807, 2.05) is 51.1 Å². The molecule has 1 fully saturated rings. The minimum Gasteiger partial charge on any atom is -0.490 e. The fraction of sp³-hybridized carbons (Fsp3) is 0.619. The first kappa shape index (κ1) is 21.1. The molecular formula is C21H34N4O2. The zero-order valence-corrected chi connectivity index (χ0v) is 17.1. The van der Waals surface area contributed by atoms with Crippen LogP contribution in [-0.2, 0) is 4.79 Å². The molecule has 1 aromatic rings. The Hall–Kier alpha value is -2.24. The summed E-state index contributed by atoms with van der Waals surface area (Å²) >= 11 is 0. The van der Waals surface area contributed by atoms with Gasteiger partial charge in [-0.15, -0.1) is 0 Å². The topological polar surface area (TPSA) is 66.0 Å². The van der Waals surface area contributed by atoms with Gasteiger partial charge in [0.05, 0.1) is 12.0 Å². The molecular weight excluding hydrogens is 340 g/mol. The highest BCUT2D eigenvalue weighted by Gasteiger charge is 2.28. The number of aliphatic imine (C=N–C) groups is 1. The number of guanidine groups is 1. The van der Waals surface area contributed by atoms with Gasteiger partial charge in [0.1, 0.15) is 11.9 Å².